The molecule has 1 amide bonds. The first-order valence-electron chi connectivity index (χ1n) is 12.0. The van der Waals surface area contributed by atoms with E-state index in [1.807, 2.05) is 0 Å². The van der Waals surface area contributed by atoms with Crippen LogP contribution in [0.3, 0.4) is 0 Å². The van der Waals surface area contributed by atoms with E-state index in [-0.39, 0.29) is 11.7 Å². The van der Waals surface area contributed by atoms with E-state index in [9.17, 15) is 10.1 Å². The average Bonchev–Trinajstić information content (AvgIpc) is 3.36. The Bertz CT molecular complexity index is 983. The van der Waals surface area contributed by atoms with Crippen molar-refractivity contribution in [2.75, 3.05) is 11.1 Å². The highest BCUT2D eigenvalue weighted by atomic mass is 32.2. The van der Waals surface area contributed by atoms with Gasteiger partial charge in [0, 0.05) is 17.8 Å². The van der Waals surface area contributed by atoms with Gasteiger partial charge in [-0.1, -0.05) is 50.8 Å². The average molecular weight is 472 g/mol. The summed E-state index contributed by atoms with van der Waals surface area (Å²) in [7, 11) is 0. The van der Waals surface area contributed by atoms with Crippen molar-refractivity contribution >= 4 is 34.0 Å². The fraction of sp³-hybridized carbons (Fsp3) is 0.667. The summed E-state index contributed by atoms with van der Waals surface area (Å²) in [6.45, 7) is 5.16. The van der Waals surface area contributed by atoms with Crippen LogP contribution in [0.25, 0.3) is 0 Å². The Morgan fingerprint density at radius 1 is 1.28 bits per heavy atom. The molecule has 172 valence electrons. The standard InChI is InChI=1S/C24H33N5OS2/c1-3-29-21(12-10-17-7-5-4-6-8-17)27-28-24(29)31-15-22(30)26-23-19(14-25)18-11-9-16(2)13-20(18)32-23/h16-17H,3-13,15H2,1-2H3,(H,26,30). The van der Waals surface area contributed by atoms with E-state index >= 15 is 0 Å². The number of aryl methyl sites for hydroxylation is 1. The largest absolute Gasteiger partial charge is 0.316 e. The maximum absolute atomic E-state index is 12.7. The maximum atomic E-state index is 12.7. The number of hydrogen-bond donors (Lipinski definition) is 1. The molecule has 2 aromatic heterocycles. The number of hydrogen-bond acceptors (Lipinski definition) is 6. The highest BCUT2D eigenvalue weighted by molar-refractivity contribution is 7.99. The summed E-state index contributed by atoms with van der Waals surface area (Å²) >= 11 is 3.00. The number of thioether (sulfide) groups is 1. The van der Waals surface area contributed by atoms with Gasteiger partial charge < -0.3 is 9.88 Å². The molecule has 0 aromatic carbocycles. The van der Waals surface area contributed by atoms with Crippen LogP contribution in [0.1, 0.15) is 80.6 Å². The molecule has 1 atom stereocenters. The molecular formula is C24H33N5OS2. The molecule has 2 heterocycles. The van der Waals surface area contributed by atoms with Crippen molar-refractivity contribution in [2.24, 2.45) is 11.8 Å². The molecule has 0 bridgehead atoms. The second-order valence-corrected chi connectivity index (χ2v) is 11.2. The Hall–Kier alpha value is -1.85. The number of aromatic nitrogens is 3. The summed E-state index contributed by atoms with van der Waals surface area (Å²) in [5, 5.41) is 23.0. The number of rotatable bonds is 8. The predicted octanol–water partition coefficient (Wildman–Crippen LogP) is 5.60. The van der Waals surface area contributed by atoms with E-state index in [4.69, 9.17) is 0 Å². The van der Waals surface area contributed by atoms with Gasteiger partial charge in [0.1, 0.15) is 16.9 Å². The first kappa shape index (κ1) is 23.3. The molecule has 0 spiro atoms. The summed E-state index contributed by atoms with van der Waals surface area (Å²) in [6, 6.07) is 2.32. The van der Waals surface area contributed by atoms with Gasteiger partial charge in [-0.15, -0.1) is 21.5 Å². The smallest absolute Gasteiger partial charge is 0.235 e. The molecule has 1 unspecified atom stereocenters. The molecule has 0 radical (unpaired) electrons. The van der Waals surface area contributed by atoms with Crippen LogP contribution in [0.15, 0.2) is 5.16 Å². The summed E-state index contributed by atoms with van der Waals surface area (Å²) < 4.78 is 2.15. The number of carbonyl (C=O) groups excluding carboxylic acids is 1. The molecule has 1 saturated carbocycles. The number of thiophene rings is 1. The fourth-order valence-electron chi connectivity index (χ4n) is 4.99. The topological polar surface area (TPSA) is 83.6 Å². The lowest BCUT2D eigenvalue weighted by Crippen LogP contribution is -2.15. The Balaban J connectivity index is 1.34. The van der Waals surface area contributed by atoms with Crippen LogP contribution in [0.4, 0.5) is 5.00 Å². The number of nitriles is 1. The van der Waals surface area contributed by atoms with Crippen molar-refractivity contribution in [3.8, 4) is 6.07 Å². The lowest BCUT2D eigenvalue weighted by Gasteiger charge is -2.21. The SMILES string of the molecule is CCn1c(CCC2CCCCC2)nnc1SCC(=O)Nc1sc2c(c1C#N)CCC(C)C2. The van der Waals surface area contributed by atoms with Gasteiger partial charge in [0.2, 0.25) is 5.91 Å². The molecule has 1 fully saturated rings. The van der Waals surface area contributed by atoms with Crippen molar-refractivity contribution in [1.29, 1.82) is 5.26 Å². The van der Waals surface area contributed by atoms with Crippen LogP contribution in [-0.2, 0) is 30.6 Å². The Kier molecular flexibility index (Phi) is 7.90. The zero-order valence-electron chi connectivity index (χ0n) is 19.2. The van der Waals surface area contributed by atoms with Gasteiger partial charge >= 0.3 is 0 Å². The lowest BCUT2D eigenvalue weighted by atomic mass is 9.86. The third kappa shape index (κ3) is 5.37. The summed E-state index contributed by atoms with van der Waals surface area (Å²) in [4.78, 5) is 13.9. The van der Waals surface area contributed by atoms with Crippen molar-refractivity contribution < 1.29 is 4.79 Å². The number of anilines is 1. The zero-order chi connectivity index (χ0) is 22.5. The quantitative estimate of drug-likeness (QED) is 0.507. The molecule has 1 N–H and O–H groups in total. The molecule has 2 aromatic rings. The van der Waals surface area contributed by atoms with Crippen LogP contribution in [-0.4, -0.2) is 26.4 Å². The second kappa shape index (κ2) is 10.8. The second-order valence-electron chi connectivity index (χ2n) is 9.19. The van der Waals surface area contributed by atoms with E-state index in [0.29, 0.717) is 16.5 Å². The van der Waals surface area contributed by atoms with Crippen molar-refractivity contribution in [2.45, 2.75) is 89.8 Å². The monoisotopic (exact) mass is 471 g/mol. The van der Waals surface area contributed by atoms with Gasteiger partial charge in [-0.2, -0.15) is 5.26 Å². The third-order valence-corrected chi connectivity index (χ3v) is 8.96. The first-order chi connectivity index (χ1) is 15.6. The number of carbonyl (C=O) groups is 1. The van der Waals surface area contributed by atoms with E-state index in [2.05, 4.69) is 40.0 Å². The molecule has 0 aliphatic heterocycles. The molecule has 2 aliphatic rings. The highest BCUT2D eigenvalue weighted by Gasteiger charge is 2.25. The molecule has 4 rings (SSSR count). The Morgan fingerprint density at radius 3 is 2.84 bits per heavy atom. The molecule has 32 heavy (non-hydrogen) atoms. The number of nitrogens with one attached hydrogen (secondary N) is 1. The number of nitrogens with zero attached hydrogens (tertiary/aromatic N) is 4. The maximum Gasteiger partial charge on any atom is 0.235 e. The first-order valence-corrected chi connectivity index (χ1v) is 13.8. The van der Waals surface area contributed by atoms with Gasteiger partial charge in [-0.05, 0) is 50.0 Å². The zero-order valence-corrected chi connectivity index (χ0v) is 20.8. The van der Waals surface area contributed by atoms with Crippen LogP contribution in [0.5, 0.6) is 0 Å². The van der Waals surface area contributed by atoms with E-state index in [0.717, 1.165) is 54.7 Å². The molecule has 2 aliphatic carbocycles. The normalized spacial score (nSPS) is 18.8. The van der Waals surface area contributed by atoms with Crippen LogP contribution in [0, 0.1) is 23.2 Å². The molecule has 6 nitrogen and oxygen atoms in total. The summed E-state index contributed by atoms with van der Waals surface area (Å²) in [6.07, 6.45) is 12.0. The highest BCUT2D eigenvalue weighted by Crippen LogP contribution is 2.39. The van der Waals surface area contributed by atoms with Crippen molar-refractivity contribution in [3.05, 3.63) is 21.8 Å². The Morgan fingerprint density at radius 2 is 2.09 bits per heavy atom. The van der Waals surface area contributed by atoms with E-state index in [1.54, 1.807) is 11.3 Å². The van der Waals surface area contributed by atoms with E-state index in [1.165, 1.54) is 55.2 Å². The number of amides is 1. The van der Waals surface area contributed by atoms with Crippen LogP contribution >= 0.6 is 23.1 Å². The summed E-state index contributed by atoms with van der Waals surface area (Å²) in [5.41, 5.74) is 1.81. The molecule has 0 saturated heterocycles. The minimum Gasteiger partial charge on any atom is -0.316 e. The van der Waals surface area contributed by atoms with Gasteiger partial charge in [0.25, 0.3) is 0 Å². The fourth-order valence-corrected chi connectivity index (χ4v) is 7.19. The lowest BCUT2D eigenvalue weighted by molar-refractivity contribution is -0.113. The van der Waals surface area contributed by atoms with E-state index < -0.39 is 0 Å². The van der Waals surface area contributed by atoms with Crippen molar-refractivity contribution in [3.63, 3.8) is 0 Å². The van der Waals surface area contributed by atoms with Gasteiger partial charge in [-0.3, -0.25) is 4.79 Å². The van der Waals surface area contributed by atoms with Crippen LogP contribution in [0.2, 0.25) is 0 Å². The molecule has 8 heteroatoms. The molecular weight excluding hydrogens is 438 g/mol. The van der Waals surface area contributed by atoms with Gasteiger partial charge in [-0.25, -0.2) is 0 Å². The predicted molar refractivity (Wildman–Crippen MR) is 130 cm³/mol. The Labute approximate surface area is 199 Å². The summed E-state index contributed by atoms with van der Waals surface area (Å²) in [5.74, 6) is 2.67. The third-order valence-electron chi connectivity index (χ3n) is 6.82. The number of fused-ring (bicyclic) bond motifs is 1. The minimum absolute atomic E-state index is 0.0902. The van der Waals surface area contributed by atoms with Crippen LogP contribution < -0.4 is 5.32 Å². The minimum atomic E-state index is -0.0902. The van der Waals surface area contributed by atoms with Gasteiger partial charge in [0.05, 0.1) is 11.3 Å². The van der Waals surface area contributed by atoms with Crippen molar-refractivity contribution in [1.82, 2.24) is 14.8 Å². The van der Waals surface area contributed by atoms with Gasteiger partial charge in [0.15, 0.2) is 5.16 Å².